The van der Waals surface area contributed by atoms with Crippen LogP contribution in [-0.2, 0) is 32.2 Å². The Labute approximate surface area is 261 Å². The average molecular weight is 650 g/mol. The molecule has 0 radical (unpaired) electrons. The maximum absolute atomic E-state index is 14.0. The molecule has 0 unspecified atom stereocenters. The van der Waals surface area contributed by atoms with Crippen molar-refractivity contribution in [2.24, 2.45) is 0 Å². The van der Waals surface area contributed by atoms with Crippen LogP contribution in [-0.4, -0.2) is 50.3 Å². The normalized spacial score (nSPS) is 14.9. The molecule has 0 aromatic heterocycles. The van der Waals surface area contributed by atoms with Crippen molar-refractivity contribution in [1.82, 2.24) is 10.2 Å². The monoisotopic (exact) mass is 649 g/mol. The fraction of sp³-hybridized carbons (Fsp3) is 0.375. The van der Waals surface area contributed by atoms with Gasteiger partial charge in [0.2, 0.25) is 11.8 Å². The van der Waals surface area contributed by atoms with Gasteiger partial charge in [-0.2, -0.15) is 13.2 Å². The third-order valence-electron chi connectivity index (χ3n) is 7.76. The molecule has 3 aromatic rings. The minimum absolute atomic E-state index is 0.0189. The Hall–Kier alpha value is -3.57. The summed E-state index contributed by atoms with van der Waals surface area (Å²) < 4.78 is 69.7. The Morgan fingerprint density at radius 3 is 2.18 bits per heavy atom. The van der Waals surface area contributed by atoms with Gasteiger partial charge in [-0.1, -0.05) is 79.4 Å². The first-order valence-electron chi connectivity index (χ1n) is 14.5. The predicted molar refractivity (Wildman–Crippen MR) is 164 cm³/mol. The molecule has 0 spiro atoms. The smallest absolute Gasteiger partial charge is 0.352 e. The summed E-state index contributed by atoms with van der Waals surface area (Å²) in [5.41, 5.74) is -0.730. The van der Waals surface area contributed by atoms with Crippen LogP contribution in [0.4, 0.5) is 18.9 Å². The zero-order valence-electron chi connectivity index (χ0n) is 24.3. The van der Waals surface area contributed by atoms with Crippen LogP contribution in [0.2, 0.25) is 5.02 Å². The molecule has 2 amide bonds. The molecule has 0 heterocycles. The molecular formula is C32H35ClF3N3O4S. The summed E-state index contributed by atoms with van der Waals surface area (Å²) in [5.74, 6) is -1.11. The molecule has 1 fully saturated rings. The molecule has 0 bridgehead atoms. The number of halogens is 4. The number of nitrogens with one attached hydrogen (secondary N) is 1. The number of rotatable bonds is 11. The maximum Gasteiger partial charge on any atom is 0.417 e. The van der Waals surface area contributed by atoms with E-state index in [1.54, 1.807) is 13.0 Å². The standard InChI is InChI=1S/C32H35ClF3N3O4S/c1-23(31(41)37-25-13-7-3-8-14-25)38(20-19-24-11-5-2-6-12-24)30(40)22-39(44(42,43)27-15-9-4-10-16-27)26-17-18-29(33)28(21-26)32(34,35)36/h2,4-6,9-12,15-18,21,23,25H,3,7-8,13-14,19-20,22H2,1H3,(H,37,41)/t23-/m1/s1. The van der Waals surface area contributed by atoms with Gasteiger partial charge in [-0.15, -0.1) is 0 Å². The largest absolute Gasteiger partial charge is 0.417 e. The van der Waals surface area contributed by atoms with Crippen LogP contribution >= 0.6 is 11.6 Å². The van der Waals surface area contributed by atoms with Gasteiger partial charge in [0.25, 0.3) is 10.0 Å². The molecule has 44 heavy (non-hydrogen) atoms. The van der Waals surface area contributed by atoms with Crippen molar-refractivity contribution in [1.29, 1.82) is 0 Å². The molecule has 1 atom stereocenters. The molecule has 1 saturated carbocycles. The minimum atomic E-state index is -4.87. The van der Waals surface area contributed by atoms with Gasteiger partial charge in [-0.05, 0) is 62.1 Å². The van der Waals surface area contributed by atoms with Gasteiger partial charge in [-0.3, -0.25) is 13.9 Å². The van der Waals surface area contributed by atoms with Crippen LogP contribution in [0.1, 0.15) is 50.2 Å². The van der Waals surface area contributed by atoms with Gasteiger partial charge >= 0.3 is 6.18 Å². The van der Waals surface area contributed by atoms with E-state index in [-0.39, 0.29) is 29.1 Å². The number of alkyl halides is 3. The number of hydrogen-bond donors (Lipinski definition) is 1. The van der Waals surface area contributed by atoms with E-state index >= 15 is 0 Å². The Balaban J connectivity index is 1.70. The Morgan fingerprint density at radius 1 is 0.955 bits per heavy atom. The number of benzene rings is 3. The molecule has 0 saturated heterocycles. The van der Waals surface area contributed by atoms with Crippen molar-refractivity contribution in [2.75, 3.05) is 17.4 Å². The second-order valence-corrected chi connectivity index (χ2v) is 13.1. The van der Waals surface area contributed by atoms with E-state index in [2.05, 4.69) is 5.32 Å². The summed E-state index contributed by atoms with van der Waals surface area (Å²) in [5, 5.41) is 2.41. The van der Waals surface area contributed by atoms with Crippen LogP contribution in [0.25, 0.3) is 0 Å². The molecule has 0 aliphatic heterocycles. The highest BCUT2D eigenvalue weighted by atomic mass is 35.5. The number of hydrogen-bond acceptors (Lipinski definition) is 4. The van der Waals surface area contributed by atoms with Gasteiger partial charge in [-0.25, -0.2) is 8.42 Å². The number of nitrogens with zero attached hydrogens (tertiary/aromatic N) is 2. The fourth-order valence-corrected chi connectivity index (χ4v) is 6.92. The molecule has 1 aliphatic carbocycles. The predicted octanol–water partition coefficient (Wildman–Crippen LogP) is 6.46. The van der Waals surface area contributed by atoms with E-state index in [0.29, 0.717) is 16.8 Å². The van der Waals surface area contributed by atoms with E-state index < -0.39 is 45.3 Å². The van der Waals surface area contributed by atoms with Crippen molar-refractivity contribution in [2.45, 2.75) is 68.6 Å². The highest BCUT2D eigenvalue weighted by Gasteiger charge is 2.37. The van der Waals surface area contributed by atoms with E-state index in [0.717, 1.165) is 49.8 Å². The topological polar surface area (TPSA) is 86.8 Å². The highest BCUT2D eigenvalue weighted by molar-refractivity contribution is 7.92. The Bertz CT molecular complexity index is 1530. The zero-order valence-corrected chi connectivity index (χ0v) is 25.8. The number of carbonyl (C=O) groups excluding carboxylic acids is 2. The third-order valence-corrected chi connectivity index (χ3v) is 9.87. The molecule has 4 rings (SSSR count). The summed E-state index contributed by atoms with van der Waals surface area (Å²) in [7, 11) is -4.52. The van der Waals surface area contributed by atoms with Gasteiger partial charge in [0, 0.05) is 12.6 Å². The van der Waals surface area contributed by atoms with Crippen LogP contribution in [0.15, 0.2) is 83.8 Å². The second kappa shape index (κ2) is 14.5. The maximum atomic E-state index is 14.0. The highest BCUT2D eigenvalue weighted by Crippen LogP contribution is 2.38. The van der Waals surface area contributed by atoms with Crippen LogP contribution in [0.5, 0.6) is 0 Å². The fourth-order valence-electron chi connectivity index (χ4n) is 5.27. The Kier molecular flexibility index (Phi) is 11.0. The first-order valence-corrected chi connectivity index (χ1v) is 16.3. The first kappa shape index (κ1) is 33.3. The molecule has 1 N–H and O–H groups in total. The van der Waals surface area contributed by atoms with Gasteiger partial charge in [0.1, 0.15) is 12.6 Å². The minimum Gasteiger partial charge on any atom is -0.352 e. The molecular weight excluding hydrogens is 615 g/mol. The van der Waals surface area contributed by atoms with E-state index in [4.69, 9.17) is 11.6 Å². The van der Waals surface area contributed by atoms with Crippen LogP contribution < -0.4 is 9.62 Å². The third kappa shape index (κ3) is 8.32. The lowest BCUT2D eigenvalue weighted by atomic mass is 9.95. The molecule has 1 aliphatic rings. The number of amides is 2. The quantitative estimate of drug-likeness (QED) is 0.258. The van der Waals surface area contributed by atoms with Crippen molar-refractivity contribution in [3.8, 4) is 0 Å². The summed E-state index contributed by atoms with van der Waals surface area (Å²) in [6.07, 6.45) is 0.239. The lowest BCUT2D eigenvalue weighted by molar-refractivity contribution is -0.139. The van der Waals surface area contributed by atoms with Crippen molar-refractivity contribution in [3.63, 3.8) is 0 Å². The molecule has 3 aromatic carbocycles. The van der Waals surface area contributed by atoms with Crippen LogP contribution in [0.3, 0.4) is 0 Å². The summed E-state index contributed by atoms with van der Waals surface area (Å²) in [6.45, 7) is 0.808. The van der Waals surface area contributed by atoms with Crippen molar-refractivity contribution in [3.05, 3.63) is 95.0 Å². The molecule has 12 heteroatoms. The summed E-state index contributed by atoms with van der Waals surface area (Å²) in [6, 6.07) is 18.1. The average Bonchev–Trinajstić information content (AvgIpc) is 3.01. The number of carbonyl (C=O) groups is 2. The summed E-state index contributed by atoms with van der Waals surface area (Å²) >= 11 is 5.82. The SMILES string of the molecule is C[C@H](C(=O)NC1CCCCC1)N(CCc1ccccc1)C(=O)CN(c1ccc(Cl)c(C(F)(F)F)c1)S(=O)(=O)c1ccccc1. The van der Waals surface area contributed by atoms with Crippen molar-refractivity contribution < 1.29 is 31.2 Å². The summed E-state index contributed by atoms with van der Waals surface area (Å²) in [4.78, 5) is 28.4. The van der Waals surface area contributed by atoms with Gasteiger partial charge < -0.3 is 10.2 Å². The Morgan fingerprint density at radius 2 is 1.57 bits per heavy atom. The van der Waals surface area contributed by atoms with Gasteiger partial charge in [0.15, 0.2) is 0 Å². The lowest BCUT2D eigenvalue weighted by Gasteiger charge is -2.33. The van der Waals surface area contributed by atoms with E-state index in [1.807, 2.05) is 30.3 Å². The van der Waals surface area contributed by atoms with Crippen LogP contribution in [0, 0.1) is 0 Å². The second-order valence-electron chi connectivity index (χ2n) is 10.8. The molecule has 236 valence electrons. The van der Waals surface area contributed by atoms with E-state index in [1.165, 1.54) is 29.2 Å². The lowest BCUT2D eigenvalue weighted by Crippen LogP contribution is -2.53. The molecule has 7 nitrogen and oxygen atoms in total. The van der Waals surface area contributed by atoms with Crippen molar-refractivity contribution >= 4 is 39.1 Å². The zero-order chi connectivity index (χ0) is 31.9. The number of sulfonamides is 1. The van der Waals surface area contributed by atoms with Gasteiger partial charge in [0.05, 0.1) is 21.2 Å². The number of anilines is 1. The first-order chi connectivity index (χ1) is 20.9. The van der Waals surface area contributed by atoms with E-state index in [9.17, 15) is 31.2 Å².